The molecule has 0 atom stereocenters. The summed E-state index contributed by atoms with van der Waals surface area (Å²) in [5, 5.41) is 11.1. The number of likely N-dealkylation sites (tertiary alicyclic amines) is 1. The van der Waals surface area contributed by atoms with Crippen LogP contribution in [0.25, 0.3) is 22.2 Å². The van der Waals surface area contributed by atoms with E-state index in [2.05, 4.69) is 40.7 Å². The van der Waals surface area contributed by atoms with Crippen LogP contribution in [-0.4, -0.2) is 52.3 Å². The number of fused-ring (bicyclic) bond motifs is 5. The van der Waals surface area contributed by atoms with Crippen LogP contribution in [0.15, 0.2) is 66.7 Å². The van der Waals surface area contributed by atoms with Crippen LogP contribution in [0.5, 0.6) is 0 Å². The molecule has 2 aliphatic heterocycles. The Morgan fingerprint density at radius 1 is 0.864 bits per heavy atom. The van der Waals surface area contributed by atoms with Crippen LogP contribution in [0, 0.1) is 6.92 Å². The number of rotatable bonds is 5. The van der Waals surface area contributed by atoms with Gasteiger partial charge in [0, 0.05) is 54.4 Å². The number of ether oxygens (including phenoxy) is 1. The van der Waals surface area contributed by atoms with Gasteiger partial charge in [-0.25, -0.2) is 9.59 Å². The number of anilines is 1. The van der Waals surface area contributed by atoms with Gasteiger partial charge in [-0.15, -0.1) is 0 Å². The number of carboxylic acid groups (broad SMARTS) is 1. The summed E-state index contributed by atoms with van der Waals surface area (Å²) in [5.74, 6) is -0.411. The van der Waals surface area contributed by atoms with Gasteiger partial charge in [0.05, 0.1) is 11.3 Å². The van der Waals surface area contributed by atoms with Gasteiger partial charge in [0.25, 0.3) is 0 Å². The zero-order chi connectivity index (χ0) is 30.2. The lowest BCUT2D eigenvalue weighted by atomic mass is 9.81. The van der Waals surface area contributed by atoms with E-state index in [-0.39, 0.29) is 12.7 Å². The van der Waals surface area contributed by atoms with Gasteiger partial charge in [-0.3, -0.25) is 0 Å². The highest BCUT2D eigenvalue weighted by atomic mass is 16.6. The number of aromatic carboxylic acids is 1. The number of aryl methyl sites for hydroxylation is 1. The fourth-order valence-electron chi connectivity index (χ4n) is 7.79. The second-order valence-electron chi connectivity index (χ2n) is 12.8. The summed E-state index contributed by atoms with van der Waals surface area (Å²) in [5.41, 5.74) is 8.76. The average molecular weight is 592 g/mol. The Kier molecular flexibility index (Phi) is 7.79. The summed E-state index contributed by atoms with van der Waals surface area (Å²) in [6.45, 7) is 5.40. The molecule has 3 aromatic carbocycles. The predicted molar refractivity (Wildman–Crippen MR) is 173 cm³/mol. The zero-order valence-corrected chi connectivity index (χ0v) is 25.5. The maximum Gasteiger partial charge on any atom is 0.410 e. The molecule has 1 saturated carbocycles. The van der Waals surface area contributed by atoms with E-state index in [1.165, 1.54) is 65.6 Å². The summed E-state index contributed by atoms with van der Waals surface area (Å²) < 4.78 is 8.05. The topological polar surface area (TPSA) is 75.0 Å². The normalized spacial score (nSPS) is 17.7. The Morgan fingerprint density at radius 2 is 1.64 bits per heavy atom. The molecule has 3 heterocycles. The Bertz CT molecular complexity index is 1680. The molecular formula is C37H41N3O4. The van der Waals surface area contributed by atoms with E-state index in [4.69, 9.17) is 4.74 Å². The minimum atomic E-state index is -0.887. The third-order valence-corrected chi connectivity index (χ3v) is 10.0. The molecule has 0 bridgehead atoms. The van der Waals surface area contributed by atoms with E-state index in [1.807, 2.05) is 41.3 Å². The first-order valence-corrected chi connectivity index (χ1v) is 16.2. The molecule has 0 spiro atoms. The molecule has 44 heavy (non-hydrogen) atoms. The third-order valence-electron chi connectivity index (χ3n) is 10.0. The smallest absolute Gasteiger partial charge is 0.410 e. The Labute approximate surface area is 259 Å². The van der Waals surface area contributed by atoms with E-state index < -0.39 is 5.97 Å². The van der Waals surface area contributed by atoms with Crippen LogP contribution < -0.4 is 4.90 Å². The number of piperidine rings is 1. The molecule has 7 rings (SSSR count). The van der Waals surface area contributed by atoms with Gasteiger partial charge >= 0.3 is 12.1 Å². The van der Waals surface area contributed by atoms with Crippen LogP contribution in [0.3, 0.4) is 0 Å². The number of carboxylic acids is 1. The molecule has 1 saturated heterocycles. The van der Waals surface area contributed by atoms with Crippen LogP contribution in [0.1, 0.15) is 77.9 Å². The standard InChI is InChI=1S/C37H41N3O4/c1-25-12-14-31-32(22-25)39(29-16-18-38(19-17-29)37(43)44-24-26-8-4-2-5-9-26)20-21-40-33-23-28(36(41)42)13-15-30(33)34(35(31)40)27-10-6-3-7-11-27/h2,4-5,8-9,12-15,22-23,27,29H,3,6-7,10-11,16-21,24H2,1H3,(H,41,42). The van der Waals surface area contributed by atoms with Gasteiger partial charge in [0.15, 0.2) is 0 Å². The van der Waals surface area contributed by atoms with Crippen molar-refractivity contribution in [3.63, 3.8) is 0 Å². The van der Waals surface area contributed by atoms with Crippen LogP contribution >= 0.6 is 0 Å². The minimum absolute atomic E-state index is 0.242. The second-order valence-corrected chi connectivity index (χ2v) is 12.8. The summed E-state index contributed by atoms with van der Waals surface area (Å²) in [4.78, 5) is 29.3. The molecule has 0 unspecified atom stereocenters. The number of carbonyl (C=O) groups excluding carboxylic acids is 1. The number of amides is 1. The molecular weight excluding hydrogens is 550 g/mol. The van der Waals surface area contributed by atoms with Crippen molar-refractivity contribution < 1.29 is 19.4 Å². The average Bonchev–Trinajstić information content (AvgIpc) is 3.28. The Balaban J connectivity index is 1.20. The number of carbonyl (C=O) groups is 2. The van der Waals surface area contributed by atoms with Crippen molar-refractivity contribution >= 4 is 28.7 Å². The molecule has 1 aliphatic carbocycles. The van der Waals surface area contributed by atoms with E-state index in [0.717, 1.165) is 37.0 Å². The van der Waals surface area contributed by atoms with Gasteiger partial charge in [0.1, 0.15) is 6.61 Å². The fraction of sp³-hybridized carbons (Fsp3) is 0.405. The van der Waals surface area contributed by atoms with Gasteiger partial charge in [0.2, 0.25) is 0 Å². The van der Waals surface area contributed by atoms with Crippen molar-refractivity contribution in [2.24, 2.45) is 0 Å². The van der Waals surface area contributed by atoms with E-state index >= 15 is 0 Å². The first-order valence-electron chi connectivity index (χ1n) is 16.2. The minimum Gasteiger partial charge on any atom is -0.478 e. The van der Waals surface area contributed by atoms with Gasteiger partial charge < -0.3 is 24.2 Å². The lowest BCUT2D eigenvalue weighted by Crippen LogP contribution is -2.47. The fourth-order valence-corrected chi connectivity index (χ4v) is 7.79. The number of hydrogen-bond donors (Lipinski definition) is 1. The van der Waals surface area contributed by atoms with Crippen molar-refractivity contribution in [1.29, 1.82) is 0 Å². The summed E-state index contributed by atoms with van der Waals surface area (Å²) in [7, 11) is 0. The summed E-state index contributed by atoms with van der Waals surface area (Å²) in [6.07, 6.45) is 7.63. The first-order chi connectivity index (χ1) is 21.5. The predicted octanol–water partition coefficient (Wildman–Crippen LogP) is 7.98. The van der Waals surface area contributed by atoms with Gasteiger partial charge in [-0.05, 0) is 73.4 Å². The van der Waals surface area contributed by atoms with Crippen molar-refractivity contribution in [2.45, 2.75) is 77.0 Å². The number of hydrogen-bond acceptors (Lipinski definition) is 4. The molecule has 7 heteroatoms. The number of nitrogens with zero attached hydrogens (tertiary/aromatic N) is 3. The Hall–Kier alpha value is -4.26. The van der Waals surface area contributed by atoms with Gasteiger partial charge in [-0.2, -0.15) is 0 Å². The van der Waals surface area contributed by atoms with E-state index in [0.29, 0.717) is 30.6 Å². The molecule has 2 fully saturated rings. The maximum absolute atomic E-state index is 12.9. The summed E-state index contributed by atoms with van der Waals surface area (Å²) in [6, 6.07) is 22.7. The highest BCUT2D eigenvalue weighted by Crippen LogP contribution is 2.48. The van der Waals surface area contributed by atoms with Crippen molar-refractivity contribution in [3.8, 4) is 11.3 Å². The highest BCUT2D eigenvalue weighted by Gasteiger charge is 2.34. The van der Waals surface area contributed by atoms with E-state index in [9.17, 15) is 14.7 Å². The summed E-state index contributed by atoms with van der Waals surface area (Å²) >= 11 is 0. The Morgan fingerprint density at radius 3 is 2.39 bits per heavy atom. The third kappa shape index (κ3) is 5.33. The van der Waals surface area contributed by atoms with Crippen LogP contribution in [-0.2, 0) is 17.9 Å². The molecule has 1 amide bonds. The molecule has 1 aromatic heterocycles. The van der Waals surface area contributed by atoms with Gasteiger partial charge in [-0.1, -0.05) is 67.8 Å². The number of aromatic nitrogens is 1. The van der Waals surface area contributed by atoms with Crippen molar-refractivity contribution in [1.82, 2.24) is 9.47 Å². The first kappa shape index (κ1) is 28.5. The molecule has 228 valence electrons. The van der Waals surface area contributed by atoms with Crippen LogP contribution in [0.4, 0.5) is 10.5 Å². The van der Waals surface area contributed by atoms with Crippen molar-refractivity contribution in [3.05, 3.63) is 89.0 Å². The zero-order valence-electron chi connectivity index (χ0n) is 25.5. The molecule has 4 aromatic rings. The maximum atomic E-state index is 12.9. The number of benzene rings is 3. The SMILES string of the molecule is Cc1ccc2c(c1)N(C1CCN(C(=O)OCc3ccccc3)CC1)CCn1c-2c(C2CCCCC2)c2ccc(C(=O)O)cc21. The second kappa shape index (κ2) is 12.0. The molecule has 3 aliphatic rings. The highest BCUT2D eigenvalue weighted by molar-refractivity contribution is 5.99. The largest absolute Gasteiger partial charge is 0.478 e. The van der Waals surface area contributed by atoms with Crippen molar-refractivity contribution in [2.75, 3.05) is 24.5 Å². The van der Waals surface area contributed by atoms with E-state index in [1.54, 1.807) is 6.07 Å². The lowest BCUT2D eigenvalue weighted by molar-refractivity contribution is 0.0696. The molecule has 1 N–H and O–H groups in total. The lowest BCUT2D eigenvalue weighted by Gasteiger charge is -2.39. The quantitative estimate of drug-likeness (QED) is 0.255. The molecule has 0 radical (unpaired) electrons. The van der Waals surface area contributed by atoms with Crippen LogP contribution in [0.2, 0.25) is 0 Å². The molecule has 7 nitrogen and oxygen atoms in total. The monoisotopic (exact) mass is 591 g/mol.